The summed E-state index contributed by atoms with van der Waals surface area (Å²) in [5.41, 5.74) is 1.69. The highest BCUT2D eigenvalue weighted by atomic mass is 16.5. The van der Waals surface area contributed by atoms with Gasteiger partial charge in [-0.3, -0.25) is 5.32 Å². The van der Waals surface area contributed by atoms with Crippen LogP contribution in [0.3, 0.4) is 0 Å². The van der Waals surface area contributed by atoms with Crippen molar-refractivity contribution in [2.75, 3.05) is 12.4 Å². The highest BCUT2D eigenvalue weighted by Gasteiger charge is 2.01. The second-order valence-electron chi connectivity index (χ2n) is 3.27. The van der Waals surface area contributed by atoms with Gasteiger partial charge < -0.3 is 4.74 Å². The fourth-order valence-electron chi connectivity index (χ4n) is 1.37. The molecule has 2 aromatic rings. The van der Waals surface area contributed by atoms with Crippen molar-refractivity contribution in [1.82, 2.24) is 10.2 Å². The summed E-state index contributed by atoms with van der Waals surface area (Å²) in [6.07, 6.45) is 1.79. The molecule has 0 saturated heterocycles. The molecule has 5 heteroatoms. The summed E-state index contributed by atoms with van der Waals surface area (Å²) >= 11 is 0. The van der Waals surface area contributed by atoms with Crippen molar-refractivity contribution in [3.63, 3.8) is 0 Å². The first-order valence-corrected chi connectivity index (χ1v) is 4.97. The fourth-order valence-corrected chi connectivity index (χ4v) is 1.37. The highest BCUT2D eigenvalue weighted by Crippen LogP contribution is 2.20. The molecular weight excluding hydrogens is 216 g/mol. The average Bonchev–Trinajstić information content (AvgIpc) is 2.40. The molecule has 1 aromatic carbocycles. The van der Waals surface area contributed by atoms with Gasteiger partial charge in [0.2, 0.25) is 0 Å². The monoisotopic (exact) mass is 226 g/mol. The summed E-state index contributed by atoms with van der Waals surface area (Å²) in [5.74, 6) is 1.23. The Morgan fingerprint density at radius 2 is 1.88 bits per heavy atom. The summed E-state index contributed by atoms with van der Waals surface area (Å²) in [6, 6.07) is 11.0. The number of ether oxygens (including phenoxy) is 1. The Bertz CT molecular complexity index is 528. The number of benzene rings is 1. The van der Waals surface area contributed by atoms with Crippen LogP contribution in [0, 0.1) is 11.5 Å². The Morgan fingerprint density at radius 3 is 2.41 bits per heavy atom. The van der Waals surface area contributed by atoms with Gasteiger partial charge in [0.25, 0.3) is 0 Å². The lowest BCUT2D eigenvalue weighted by atomic mass is 10.1. The minimum Gasteiger partial charge on any atom is -0.497 e. The maximum absolute atomic E-state index is 8.42. The minimum atomic E-state index is 0.435. The SMILES string of the molecule is COc1ccc(-c2ccc(NC#N)nn2)cc1. The van der Waals surface area contributed by atoms with E-state index in [-0.39, 0.29) is 0 Å². The molecule has 17 heavy (non-hydrogen) atoms. The third-order valence-corrected chi connectivity index (χ3v) is 2.23. The summed E-state index contributed by atoms with van der Waals surface area (Å²) in [6.45, 7) is 0. The molecule has 0 radical (unpaired) electrons. The number of hydrogen-bond donors (Lipinski definition) is 1. The van der Waals surface area contributed by atoms with E-state index in [1.54, 1.807) is 25.4 Å². The maximum atomic E-state index is 8.42. The van der Waals surface area contributed by atoms with E-state index in [4.69, 9.17) is 10.00 Å². The van der Waals surface area contributed by atoms with Crippen LogP contribution in [0.2, 0.25) is 0 Å². The largest absolute Gasteiger partial charge is 0.497 e. The van der Waals surface area contributed by atoms with Gasteiger partial charge in [-0.25, -0.2) is 0 Å². The number of nitrogens with one attached hydrogen (secondary N) is 1. The van der Waals surface area contributed by atoms with Crippen LogP contribution >= 0.6 is 0 Å². The van der Waals surface area contributed by atoms with Crippen LogP contribution in [0.1, 0.15) is 0 Å². The van der Waals surface area contributed by atoms with Gasteiger partial charge in [0, 0.05) is 5.56 Å². The molecule has 0 atom stereocenters. The molecule has 0 aliphatic rings. The molecule has 5 nitrogen and oxygen atoms in total. The second-order valence-corrected chi connectivity index (χ2v) is 3.27. The average molecular weight is 226 g/mol. The fraction of sp³-hybridized carbons (Fsp3) is 0.0833. The number of aromatic nitrogens is 2. The number of methoxy groups -OCH3 is 1. The molecule has 0 amide bonds. The van der Waals surface area contributed by atoms with E-state index in [1.807, 2.05) is 24.3 Å². The quantitative estimate of drug-likeness (QED) is 0.640. The molecule has 0 aliphatic heterocycles. The lowest BCUT2D eigenvalue weighted by Gasteiger charge is -2.02. The van der Waals surface area contributed by atoms with E-state index >= 15 is 0 Å². The van der Waals surface area contributed by atoms with Crippen molar-refractivity contribution in [2.24, 2.45) is 0 Å². The van der Waals surface area contributed by atoms with Crippen molar-refractivity contribution in [1.29, 1.82) is 5.26 Å². The van der Waals surface area contributed by atoms with Gasteiger partial charge in [-0.2, -0.15) is 5.26 Å². The first kappa shape index (κ1) is 10.9. The summed E-state index contributed by atoms with van der Waals surface area (Å²) in [7, 11) is 1.62. The Labute approximate surface area is 98.7 Å². The zero-order chi connectivity index (χ0) is 12.1. The zero-order valence-electron chi connectivity index (χ0n) is 9.21. The number of hydrogen-bond acceptors (Lipinski definition) is 5. The molecular formula is C12H10N4O. The van der Waals surface area contributed by atoms with Crippen molar-refractivity contribution in [2.45, 2.75) is 0 Å². The van der Waals surface area contributed by atoms with Gasteiger partial charge >= 0.3 is 0 Å². The van der Waals surface area contributed by atoms with Crippen LogP contribution in [0.25, 0.3) is 11.3 Å². The zero-order valence-corrected chi connectivity index (χ0v) is 9.21. The first-order chi connectivity index (χ1) is 8.33. The lowest BCUT2D eigenvalue weighted by molar-refractivity contribution is 0.415. The molecule has 1 heterocycles. The van der Waals surface area contributed by atoms with Crippen LogP contribution in [0.5, 0.6) is 5.75 Å². The van der Waals surface area contributed by atoms with Crippen LogP contribution in [0.4, 0.5) is 5.82 Å². The van der Waals surface area contributed by atoms with E-state index < -0.39 is 0 Å². The number of rotatable bonds is 3. The van der Waals surface area contributed by atoms with Crippen LogP contribution < -0.4 is 10.1 Å². The normalized spacial score (nSPS) is 9.41. The number of anilines is 1. The molecule has 84 valence electrons. The van der Waals surface area contributed by atoms with E-state index in [1.165, 1.54) is 0 Å². The molecule has 0 fully saturated rings. The predicted octanol–water partition coefficient (Wildman–Crippen LogP) is 2.05. The van der Waals surface area contributed by atoms with Crippen molar-refractivity contribution < 1.29 is 4.74 Å². The molecule has 0 bridgehead atoms. The standard InChI is InChI=1S/C12H10N4O/c1-17-10-4-2-9(3-5-10)11-6-7-12(14-8-13)16-15-11/h2-7H,1H3,(H,14,16). The first-order valence-electron chi connectivity index (χ1n) is 4.97. The molecule has 0 saturated carbocycles. The third-order valence-electron chi connectivity index (χ3n) is 2.23. The summed E-state index contributed by atoms with van der Waals surface area (Å²) < 4.78 is 5.07. The lowest BCUT2D eigenvalue weighted by Crippen LogP contribution is -1.94. The maximum Gasteiger partial charge on any atom is 0.182 e. The topological polar surface area (TPSA) is 70.8 Å². The van der Waals surface area contributed by atoms with Gasteiger partial charge in [-0.05, 0) is 36.4 Å². The molecule has 0 unspecified atom stereocenters. The summed E-state index contributed by atoms with van der Waals surface area (Å²) in [4.78, 5) is 0. The Balaban J connectivity index is 2.24. The van der Waals surface area contributed by atoms with Crippen molar-refractivity contribution >= 4 is 5.82 Å². The second kappa shape index (κ2) is 4.94. The third kappa shape index (κ3) is 2.49. The van der Waals surface area contributed by atoms with Crippen molar-refractivity contribution in [3.8, 4) is 23.2 Å². The number of nitriles is 1. The van der Waals surface area contributed by atoms with E-state index in [9.17, 15) is 0 Å². The van der Waals surface area contributed by atoms with Crippen LogP contribution in [0.15, 0.2) is 36.4 Å². The Morgan fingerprint density at radius 1 is 1.12 bits per heavy atom. The smallest absolute Gasteiger partial charge is 0.182 e. The minimum absolute atomic E-state index is 0.435. The Kier molecular flexibility index (Phi) is 3.17. The van der Waals surface area contributed by atoms with Gasteiger partial charge in [0.05, 0.1) is 12.8 Å². The van der Waals surface area contributed by atoms with Gasteiger partial charge in [-0.1, -0.05) is 0 Å². The molecule has 2 rings (SSSR count). The van der Waals surface area contributed by atoms with Gasteiger partial charge in [0.1, 0.15) is 5.75 Å². The number of nitrogens with zero attached hydrogens (tertiary/aromatic N) is 3. The highest BCUT2D eigenvalue weighted by molar-refractivity contribution is 5.60. The van der Waals surface area contributed by atoms with E-state index in [0.717, 1.165) is 17.0 Å². The van der Waals surface area contributed by atoms with Crippen molar-refractivity contribution in [3.05, 3.63) is 36.4 Å². The molecule has 0 aliphatic carbocycles. The van der Waals surface area contributed by atoms with Gasteiger partial charge in [0.15, 0.2) is 12.0 Å². The van der Waals surface area contributed by atoms with Gasteiger partial charge in [-0.15, -0.1) is 10.2 Å². The van der Waals surface area contributed by atoms with Crippen LogP contribution in [-0.2, 0) is 0 Å². The van der Waals surface area contributed by atoms with E-state index in [0.29, 0.717) is 5.82 Å². The molecule has 1 aromatic heterocycles. The van der Waals surface area contributed by atoms with Crippen LogP contribution in [-0.4, -0.2) is 17.3 Å². The summed E-state index contributed by atoms with van der Waals surface area (Å²) in [5, 5.41) is 18.7. The predicted molar refractivity (Wildman–Crippen MR) is 63.3 cm³/mol. The molecule has 0 spiro atoms. The molecule has 1 N–H and O–H groups in total. The van der Waals surface area contributed by atoms with E-state index in [2.05, 4.69) is 15.5 Å². The Hall–Kier alpha value is -2.61.